The molecule has 0 bridgehead atoms. The fraction of sp³-hybridized carbons (Fsp3) is 0.286. The third kappa shape index (κ3) is 3.11. The lowest BCUT2D eigenvalue weighted by molar-refractivity contribution is 0.414. The molecular weight excluding hydrogens is 212 g/mol. The predicted molar refractivity (Wildman–Crippen MR) is 69.0 cm³/mol. The van der Waals surface area contributed by atoms with Crippen LogP contribution < -0.4 is 10.1 Å². The molecule has 17 heavy (non-hydrogen) atoms. The molecule has 1 aromatic heterocycles. The number of rotatable bonds is 5. The first-order valence-corrected chi connectivity index (χ1v) is 5.78. The van der Waals surface area contributed by atoms with Gasteiger partial charge in [0.1, 0.15) is 5.75 Å². The largest absolute Gasteiger partial charge is 0.497 e. The molecule has 1 heterocycles. The Bertz CT molecular complexity index is 434. The van der Waals surface area contributed by atoms with Gasteiger partial charge >= 0.3 is 0 Å². The molecule has 0 saturated carbocycles. The van der Waals surface area contributed by atoms with Crippen LogP contribution in [-0.2, 0) is 6.54 Å². The minimum atomic E-state index is 0.329. The molecule has 0 radical (unpaired) electrons. The summed E-state index contributed by atoms with van der Waals surface area (Å²) < 4.78 is 5.14. The van der Waals surface area contributed by atoms with Crippen molar-refractivity contribution in [2.75, 3.05) is 7.11 Å². The standard InChI is InChI=1S/C14H18N2O/c1-11(16-10-12-7-8-15-9-12)13-3-5-14(17-2)6-4-13/h3-9,11,15-16H,10H2,1-2H3. The van der Waals surface area contributed by atoms with Crippen molar-refractivity contribution in [3.8, 4) is 5.75 Å². The molecule has 90 valence electrons. The molecule has 3 nitrogen and oxygen atoms in total. The average molecular weight is 230 g/mol. The number of methoxy groups -OCH3 is 1. The van der Waals surface area contributed by atoms with Crippen LogP contribution in [-0.4, -0.2) is 12.1 Å². The van der Waals surface area contributed by atoms with Gasteiger partial charge in [-0.15, -0.1) is 0 Å². The van der Waals surface area contributed by atoms with E-state index in [1.165, 1.54) is 11.1 Å². The van der Waals surface area contributed by atoms with Crippen LogP contribution in [0.4, 0.5) is 0 Å². The third-order valence-corrected chi connectivity index (χ3v) is 2.89. The Balaban J connectivity index is 1.92. The summed E-state index contributed by atoms with van der Waals surface area (Å²) in [4.78, 5) is 3.05. The van der Waals surface area contributed by atoms with Crippen LogP contribution in [0, 0.1) is 0 Å². The smallest absolute Gasteiger partial charge is 0.118 e. The number of aromatic amines is 1. The fourth-order valence-electron chi connectivity index (χ4n) is 1.75. The normalized spacial score (nSPS) is 12.4. The van der Waals surface area contributed by atoms with Gasteiger partial charge in [0.05, 0.1) is 7.11 Å². The SMILES string of the molecule is COc1ccc(C(C)NCc2cc[nH]c2)cc1. The minimum absolute atomic E-state index is 0.329. The molecule has 0 saturated heterocycles. The zero-order valence-corrected chi connectivity index (χ0v) is 10.2. The first-order valence-electron chi connectivity index (χ1n) is 5.78. The summed E-state index contributed by atoms with van der Waals surface area (Å²) in [5.74, 6) is 0.895. The van der Waals surface area contributed by atoms with Gasteiger partial charge in [-0.1, -0.05) is 12.1 Å². The number of hydrogen-bond acceptors (Lipinski definition) is 2. The van der Waals surface area contributed by atoms with Crippen molar-refractivity contribution in [1.82, 2.24) is 10.3 Å². The van der Waals surface area contributed by atoms with Gasteiger partial charge in [-0.25, -0.2) is 0 Å². The van der Waals surface area contributed by atoms with Crippen LogP contribution in [0.3, 0.4) is 0 Å². The minimum Gasteiger partial charge on any atom is -0.497 e. The summed E-state index contributed by atoms with van der Waals surface area (Å²) in [7, 11) is 1.68. The van der Waals surface area contributed by atoms with E-state index in [2.05, 4.69) is 35.4 Å². The van der Waals surface area contributed by atoms with E-state index in [1.807, 2.05) is 24.5 Å². The molecule has 0 aliphatic heterocycles. The molecule has 2 aromatic rings. The van der Waals surface area contributed by atoms with E-state index in [1.54, 1.807) is 7.11 Å². The number of benzene rings is 1. The van der Waals surface area contributed by atoms with E-state index in [4.69, 9.17) is 4.74 Å². The summed E-state index contributed by atoms with van der Waals surface area (Å²) in [6.07, 6.45) is 3.95. The second-order valence-electron chi connectivity index (χ2n) is 4.10. The average Bonchev–Trinajstić information content (AvgIpc) is 2.89. The van der Waals surface area contributed by atoms with Gasteiger partial charge in [0.2, 0.25) is 0 Å². The Morgan fingerprint density at radius 1 is 1.24 bits per heavy atom. The maximum Gasteiger partial charge on any atom is 0.118 e. The number of ether oxygens (including phenoxy) is 1. The summed E-state index contributed by atoms with van der Waals surface area (Å²) in [5, 5.41) is 3.48. The van der Waals surface area contributed by atoms with Crippen molar-refractivity contribution >= 4 is 0 Å². The molecule has 1 atom stereocenters. The molecule has 1 aromatic carbocycles. The number of hydrogen-bond donors (Lipinski definition) is 2. The Kier molecular flexibility index (Phi) is 3.83. The van der Waals surface area contributed by atoms with Crippen molar-refractivity contribution < 1.29 is 4.74 Å². The second kappa shape index (κ2) is 5.55. The lowest BCUT2D eigenvalue weighted by Crippen LogP contribution is -2.17. The molecule has 3 heteroatoms. The summed E-state index contributed by atoms with van der Waals surface area (Å²) in [5.41, 5.74) is 2.53. The highest BCUT2D eigenvalue weighted by Crippen LogP contribution is 2.17. The zero-order valence-electron chi connectivity index (χ0n) is 10.2. The third-order valence-electron chi connectivity index (χ3n) is 2.89. The Morgan fingerprint density at radius 3 is 2.59 bits per heavy atom. The maximum absolute atomic E-state index is 5.14. The molecular formula is C14H18N2O. The van der Waals surface area contributed by atoms with Crippen molar-refractivity contribution in [1.29, 1.82) is 0 Å². The van der Waals surface area contributed by atoms with Crippen LogP contribution >= 0.6 is 0 Å². The van der Waals surface area contributed by atoms with Gasteiger partial charge in [-0.05, 0) is 36.2 Å². The second-order valence-corrected chi connectivity index (χ2v) is 4.10. The first kappa shape index (κ1) is 11.7. The van der Waals surface area contributed by atoms with Crippen molar-refractivity contribution in [2.24, 2.45) is 0 Å². The lowest BCUT2D eigenvalue weighted by Gasteiger charge is -2.14. The van der Waals surface area contributed by atoms with Gasteiger partial charge in [0, 0.05) is 25.0 Å². The topological polar surface area (TPSA) is 37.0 Å². The van der Waals surface area contributed by atoms with E-state index < -0.39 is 0 Å². The molecule has 0 spiro atoms. The van der Waals surface area contributed by atoms with Gasteiger partial charge in [-0.2, -0.15) is 0 Å². The zero-order chi connectivity index (χ0) is 12.1. The Labute approximate surface area is 102 Å². The highest BCUT2D eigenvalue weighted by Gasteiger charge is 2.04. The van der Waals surface area contributed by atoms with Crippen molar-refractivity contribution in [3.63, 3.8) is 0 Å². The molecule has 2 N–H and O–H groups in total. The highest BCUT2D eigenvalue weighted by atomic mass is 16.5. The fourth-order valence-corrected chi connectivity index (χ4v) is 1.75. The number of H-pyrrole nitrogens is 1. The van der Waals surface area contributed by atoms with Crippen LogP contribution in [0.1, 0.15) is 24.1 Å². The maximum atomic E-state index is 5.14. The summed E-state index contributed by atoms with van der Waals surface area (Å²) in [6, 6.07) is 10.6. The Morgan fingerprint density at radius 2 is 2.00 bits per heavy atom. The molecule has 0 fully saturated rings. The molecule has 1 unspecified atom stereocenters. The van der Waals surface area contributed by atoms with Crippen LogP contribution in [0.2, 0.25) is 0 Å². The van der Waals surface area contributed by atoms with Crippen molar-refractivity contribution in [3.05, 3.63) is 53.9 Å². The van der Waals surface area contributed by atoms with Gasteiger partial charge < -0.3 is 15.0 Å². The van der Waals surface area contributed by atoms with E-state index in [0.717, 1.165) is 12.3 Å². The molecule has 0 aliphatic rings. The van der Waals surface area contributed by atoms with Gasteiger partial charge in [-0.3, -0.25) is 0 Å². The summed E-state index contributed by atoms with van der Waals surface area (Å²) in [6.45, 7) is 3.03. The summed E-state index contributed by atoms with van der Waals surface area (Å²) >= 11 is 0. The van der Waals surface area contributed by atoms with Crippen LogP contribution in [0.25, 0.3) is 0 Å². The van der Waals surface area contributed by atoms with E-state index >= 15 is 0 Å². The number of nitrogens with one attached hydrogen (secondary N) is 2. The lowest BCUT2D eigenvalue weighted by atomic mass is 10.1. The number of aromatic nitrogens is 1. The Hall–Kier alpha value is -1.74. The van der Waals surface area contributed by atoms with E-state index in [0.29, 0.717) is 6.04 Å². The highest BCUT2D eigenvalue weighted by molar-refractivity contribution is 5.28. The van der Waals surface area contributed by atoms with Gasteiger partial charge in [0.25, 0.3) is 0 Å². The van der Waals surface area contributed by atoms with E-state index in [-0.39, 0.29) is 0 Å². The van der Waals surface area contributed by atoms with E-state index in [9.17, 15) is 0 Å². The van der Waals surface area contributed by atoms with Gasteiger partial charge in [0.15, 0.2) is 0 Å². The predicted octanol–water partition coefficient (Wildman–Crippen LogP) is 2.87. The van der Waals surface area contributed by atoms with Crippen LogP contribution in [0.15, 0.2) is 42.7 Å². The first-order chi connectivity index (χ1) is 8.29. The quantitative estimate of drug-likeness (QED) is 0.828. The van der Waals surface area contributed by atoms with Crippen molar-refractivity contribution in [2.45, 2.75) is 19.5 Å². The molecule has 0 aliphatic carbocycles. The molecule has 2 rings (SSSR count). The van der Waals surface area contributed by atoms with Crippen LogP contribution in [0.5, 0.6) is 5.75 Å². The monoisotopic (exact) mass is 230 g/mol. The molecule has 0 amide bonds.